The molecule has 0 spiro atoms. The molecule has 0 aliphatic rings. The van der Waals surface area contributed by atoms with Gasteiger partial charge < -0.3 is 14.8 Å². The molecule has 0 saturated heterocycles. The van der Waals surface area contributed by atoms with E-state index in [0.29, 0.717) is 16.3 Å². The number of hydrogen-bond acceptors (Lipinski definition) is 10. The molecule has 11 heteroatoms. The van der Waals surface area contributed by atoms with Gasteiger partial charge in [0.15, 0.2) is 0 Å². The van der Waals surface area contributed by atoms with Crippen LogP contribution in [0.3, 0.4) is 0 Å². The molecule has 1 heterocycles. The zero-order valence-corrected chi connectivity index (χ0v) is 18.2. The molecule has 33 heavy (non-hydrogen) atoms. The van der Waals surface area contributed by atoms with Gasteiger partial charge in [-0.3, -0.25) is 10.1 Å². The van der Waals surface area contributed by atoms with Crippen LogP contribution in [0, 0.1) is 21.4 Å². The summed E-state index contributed by atoms with van der Waals surface area (Å²) in [5.74, 6) is -1.22. The topological polar surface area (TPSA) is 144 Å². The molecule has 10 nitrogen and oxygen atoms in total. The lowest BCUT2D eigenvalue weighted by atomic mass is 10.1. The third-order valence-corrected chi connectivity index (χ3v) is 5.32. The van der Waals surface area contributed by atoms with Crippen molar-refractivity contribution in [2.45, 2.75) is 0 Å². The predicted octanol–water partition coefficient (Wildman–Crippen LogP) is 4.27. The normalized spacial score (nSPS) is 10.8. The summed E-state index contributed by atoms with van der Waals surface area (Å²) in [5.41, 5.74) is 1.95. The number of aromatic nitrogens is 1. The molecular weight excluding hydrogens is 448 g/mol. The molecule has 1 aromatic heterocycles. The van der Waals surface area contributed by atoms with Gasteiger partial charge in [-0.05, 0) is 30.3 Å². The zero-order chi connectivity index (χ0) is 24.0. The monoisotopic (exact) mass is 464 g/mol. The van der Waals surface area contributed by atoms with Crippen LogP contribution in [-0.4, -0.2) is 36.1 Å². The number of benzene rings is 2. The molecular formula is C22H16N4O6S. The maximum atomic E-state index is 12.1. The molecule has 3 rings (SSSR count). The van der Waals surface area contributed by atoms with Crippen molar-refractivity contribution in [2.75, 3.05) is 19.5 Å². The van der Waals surface area contributed by atoms with Crippen LogP contribution >= 0.6 is 11.3 Å². The van der Waals surface area contributed by atoms with Gasteiger partial charge in [0.2, 0.25) is 0 Å². The second kappa shape index (κ2) is 10.2. The number of carbonyl (C=O) groups excluding carboxylic acids is 2. The fourth-order valence-electron chi connectivity index (χ4n) is 2.77. The number of ether oxygens (including phenoxy) is 2. The number of nitro groups is 1. The molecule has 0 atom stereocenters. The van der Waals surface area contributed by atoms with Crippen molar-refractivity contribution in [3.05, 3.63) is 80.3 Å². The third-order valence-electron chi connectivity index (χ3n) is 4.45. The van der Waals surface area contributed by atoms with Crippen LogP contribution in [-0.2, 0) is 9.47 Å². The number of non-ortho nitro benzene ring substituents is 1. The number of rotatable bonds is 7. The minimum atomic E-state index is -0.629. The van der Waals surface area contributed by atoms with E-state index in [1.165, 1.54) is 62.1 Å². The fourth-order valence-corrected chi connectivity index (χ4v) is 3.57. The summed E-state index contributed by atoms with van der Waals surface area (Å²) >= 11 is 1.21. The molecule has 0 unspecified atom stereocenters. The van der Waals surface area contributed by atoms with E-state index in [-0.39, 0.29) is 28.1 Å². The van der Waals surface area contributed by atoms with Crippen molar-refractivity contribution in [3.63, 3.8) is 0 Å². The van der Waals surface area contributed by atoms with Gasteiger partial charge in [-0.25, -0.2) is 14.6 Å². The third kappa shape index (κ3) is 5.20. The van der Waals surface area contributed by atoms with Crippen molar-refractivity contribution in [1.82, 2.24) is 4.98 Å². The maximum absolute atomic E-state index is 12.1. The number of hydrogen-bond donors (Lipinski definition) is 1. The molecule has 166 valence electrons. The number of esters is 2. The van der Waals surface area contributed by atoms with Crippen molar-refractivity contribution in [1.29, 1.82) is 5.26 Å². The van der Waals surface area contributed by atoms with Gasteiger partial charge >= 0.3 is 11.9 Å². The average Bonchev–Trinajstić information content (AvgIpc) is 3.33. The number of methoxy groups -OCH3 is 2. The van der Waals surface area contributed by atoms with Crippen LogP contribution in [0.25, 0.3) is 16.8 Å². The van der Waals surface area contributed by atoms with Gasteiger partial charge in [0.05, 0.1) is 41.7 Å². The van der Waals surface area contributed by atoms with Gasteiger partial charge in [0.1, 0.15) is 16.6 Å². The summed E-state index contributed by atoms with van der Waals surface area (Å²) in [6.45, 7) is 0. The lowest BCUT2D eigenvalue weighted by Crippen LogP contribution is -2.08. The predicted molar refractivity (Wildman–Crippen MR) is 121 cm³/mol. The lowest BCUT2D eigenvalue weighted by Gasteiger charge is -2.10. The van der Waals surface area contributed by atoms with Crippen LogP contribution in [0.2, 0.25) is 0 Å². The van der Waals surface area contributed by atoms with E-state index in [4.69, 9.17) is 9.47 Å². The highest BCUT2D eigenvalue weighted by atomic mass is 32.1. The lowest BCUT2D eigenvalue weighted by molar-refractivity contribution is -0.384. The largest absolute Gasteiger partial charge is 0.465 e. The Morgan fingerprint density at radius 3 is 2.45 bits per heavy atom. The van der Waals surface area contributed by atoms with Crippen LogP contribution in [0.15, 0.2) is 54.0 Å². The Morgan fingerprint density at radius 2 is 1.85 bits per heavy atom. The minimum Gasteiger partial charge on any atom is -0.465 e. The zero-order valence-electron chi connectivity index (χ0n) is 17.4. The average molecular weight is 464 g/mol. The number of allylic oxidation sites excluding steroid dienone is 1. The molecule has 0 saturated carbocycles. The van der Waals surface area contributed by atoms with Gasteiger partial charge in [-0.15, -0.1) is 11.3 Å². The Kier molecular flexibility index (Phi) is 7.12. The van der Waals surface area contributed by atoms with E-state index in [1.54, 1.807) is 17.5 Å². The first-order chi connectivity index (χ1) is 15.9. The molecule has 0 fully saturated rings. The molecule has 1 N–H and O–H groups in total. The SMILES string of the molecule is COC(=O)c1ccc(C(=O)OC)c(N/C=C(\C#N)c2nc(-c3ccc([N+](=O)[O-])cc3)cs2)c1. The van der Waals surface area contributed by atoms with Crippen molar-refractivity contribution >= 4 is 40.2 Å². The Labute approximate surface area is 191 Å². The summed E-state index contributed by atoms with van der Waals surface area (Å²) in [6.07, 6.45) is 1.36. The Morgan fingerprint density at radius 1 is 1.15 bits per heavy atom. The number of anilines is 1. The smallest absolute Gasteiger partial charge is 0.339 e. The van der Waals surface area contributed by atoms with E-state index in [2.05, 4.69) is 10.3 Å². The minimum absolute atomic E-state index is 0.0355. The fraction of sp³-hybridized carbons (Fsp3) is 0.0909. The van der Waals surface area contributed by atoms with E-state index in [0.717, 1.165) is 0 Å². The first kappa shape index (κ1) is 23.1. The summed E-state index contributed by atoms with van der Waals surface area (Å²) in [6, 6.07) is 12.2. The van der Waals surface area contributed by atoms with Crippen molar-refractivity contribution < 1.29 is 24.0 Å². The summed E-state index contributed by atoms with van der Waals surface area (Å²) in [5, 5.41) is 25.4. The number of nitriles is 1. The van der Waals surface area contributed by atoms with Gasteiger partial charge in [0, 0.05) is 29.3 Å². The Bertz CT molecular complexity index is 1290. The second-order valence-corrected chi connectivity index (χ2v) is 7.26. The van der Waals surface area contributed by atoms with Crippen LogP contribution in [0.1, 0.15) is 25.7 Å². The first-order valence-corrected chi connectivity index (χ1v) is 10.1. The van der Waals surface area contributed by atoms with Crippen molar-refractivity contribution in [2.24, 2.45) is 0 Å². The number of nitrogens with one attached hydrogen (secondary N) is 1. The quantitative estimate of drug-likeness (QED) is 0.234. The van der Waals surface area contributed by atoms with E-state index in [9.17, 15) is 25.0 Å². The number of nitro benzene ring substituents is 1. The highest BCUT2D eigenvalue weighted by molar-refractivity contribution is 7.11. The molecule has 2 aromatic carbocycles. The summed E-state index contributed by atoms with van der Waals surface area (Å²) < 4.78 is 9.47. The summed E-state index contributed by atoms with van der Waals surface area (Å²) in [4.78, 5) is 38.7. The Hall–Kier alpha value is -4.56. The van der Waals surface area contributed by atoms with Gasteiger partial charge in [-0.2, -0.15) is 5.26 Å². The first-order valence-electron chi connectivity index (χ1n) is 9.26. The highest BCUT2D eigenvalue weighted by Crippen LogP contribution is 2.28. The van der Waals surface area contributed by atoms with Crippen molar-refractivity contribution in [3.8, 4) is 17.3 Å². The second-order valence-electron chi connectivity index (χ2n) is 6.40. The van der Waals surface area contributed by atoms with Crippen LogP contribution < -0.4 is 5.32 Å². The van der Waals surface area contributed by atoms with E-state index in [1.807, 2.05) is 6.07 Å². The van der Waals surface area contributed by atoms with Crippen LogP contribution in [0.5, 0.6) is 0 Å². The molecule has 3 aromatic rings. The van der Waals surface area contributed by atoms with E-state index >= 15 is 0 Å². The molecule has 0 radical (unpaired) electrons. The molecule has 0 aliphatic heterocycles. The number of thiazole rings is 1. The Balaban J connectivity index is 1.90. The van der Waals surface area contributed by atoms with Gasteiger partial charge in [0.25, 0.3) is 5.69 Å². The standard InChI is InChI=1S/C22H16N4O6S/c1-31-21(27)14-5-8-17(22(28)32-2)18(9-14)24-11-15(10-23)20-25-19(12-33-20)13-3-6-16(7-4-13)26(29)30/h3-9,11-12,24H,1-2H3/b15-11+. The number of nitrogens with zero attached hydrogens (tertiary/aromatic N) is 3. The summed E-state index contributed by atoms with van der Waals surface area (Å²) in [7, 11) is 2.47. The number of carbonyl (C=O) groups is 2. The van der Waals surface area contributed by atoms with Crippen LogP contribution in [0.4, 0.5) is 11.4 Å². The maximum Gasteiger partial charge on any atom is 0.339 e. The highest BCUT2D eigenvalue weighted by Gasteiger charge is 2.16. The molecule has 0 bridgehead atoms. The molecule has 0 amide bonds. The van der Waals surface area contributed by atoms with Gasteiger partial charge in [-0.1, -0.05) is 0 Å². The van der Waals surface area contributed by atoms with E-state index < -0.39 is 16.9 Å². The molecule has 0 aliphatic carbocycles.